The smallest absolute Gasteiger partial charge is 0.304 e. The molecule has 0 aliphatic carbocycles. The van der Waals surface area contributed by atoms with Crippen molar-refractivity contribution < 1.29 is 8.78 Å². The molecule has 2 aromatic carbocycles. The van der Waals surface area contributed by atoms with Gasteiger partial charge in [0.15, 0.2) is 5.82 Å². The molecule has 0 fully saturated rings. The molecule has 4 aromatic rings. The van der Waals surface area contributed by atoms with Crippen LogP contribution in [0.5, 0.6) is 0 Å². The number of rotatable bonds is 1. The number of aromatic nitrogens is 3. The number of nitrogens with one attached hydrogen (secondary N) is 2. The average Bonchev–Trinajstić information content (AvgIpc) is 2.59. The van der Waals surface area contributed by atoms with Crippen LogP contribution in [0, 0.1) is 11.6 Å². The lowest BCUT2D eigenvalue weighted by Gasteiger charge is -2.10. The second-order valence-electron chi connectivity index (χ2n) is 5.38. The summed E-state index contributed by atoms with van der Waals surface area (Å²) in [5, 5.41) is 0.638. The first-order chi connectivity index (χ1) is 12.0. The Morgan fingerprint density at radius 1 is 1.04 bits per heavy atom. The lowest BCUT2D eigenvalue weighted by Crippen LogP contribution is -2.22. The monoisotopic (exact) mass is 359 g/mol. The molecule has 124 valence electrons. The van der Waals surface area contributed by atoms with E-state index in [1.165, 1.54) is 18.2 Å². The molecule has 25 heavy (non-hydrogen) atoms. The van der Waals surface area contributed by atoms with E-state index in [1.54, 1.807) is 12.1 Å². The quantitative estimate of drug-likeness (QED) is 0.547. The molecule has 2 heterocycles. The highest BCUT2D eigenvalue weighted by atomic mass is 35.5. The maximum atomic E-state index is 15.0. The van der Waals surface area contributed by atoms with Crippen molar-refractivity contribution in [2.75, 3.05) is 0 Å². The molecule has 0 aliphatic rings. The van der Waals surface area contributed by atoms with E-state index in [2.05, 4.69) is 9.97 Å². The first kappa shape index (κ1) is 15.5. The normalized spacial score (nSPS) is 11.3. The van der Waals surface area contributed by atoms with Gasteiger partial charge in [0.2, 0.25) is 0 Å². The zero-order valence-electron chi connectivity index (χ0n) is 12.4. The topological polar surface area (TPSA) is 78.6 Å². The SMILES string of the molecule is O=c1[nH]c(=O)c2cnc(-c3cccc4ccc(F)c(Cl)c34)c(F)c2[nH]1. The Labute approximate surface area is 142 Å². The number of halogens is 3. The van der Waals surface area contributed by atoms with Crippen LogP contribution in [-0.2, 0) is 0 Å². The molecule has 0 radical (unpaired) electrons. The highest BCUT2D eigenvalue weighted by Gasteiger charge is 2.18. The number of hydrogen-bond donors (Lipinski definition) is 2. The standard InChI is InChI=1S/C17H8ClF2N3O2/c18-12-10(19)5-4-7-2-1-3-8(11(7)12)14-13(20)15-9(6-21-14)16(24)23-17(25)22-15/h1-6H,(H2,22,23,24,25). The minimum absolute atomic E-state index is 0.0987. The van der Waals surface area contributed by atoms with E-state index in [-0.39, 0.29) is 27.2 Å². The summed E-state index contributed by atoms with van der Waals surface area (Å²) in [6, 6.07) is 7.63. The predicted molar refractivity (Wildman–Crippen MR) is 90.9 cm³/mol. The maximum absolute atomic E-state index is 15.0. The van der Waals surface area contributed by atoms with Crippen molar-refractivity contribution in [3.63, 3.8) is 0 Å². The van der Waals surface area contributed by atoms with E-state index in [9.17, 15) is 18.4 Å². The molecule has 0 bridgehead atoms. The van der Waals surface area contributed by atoms with E-state index >= 15 is 0 Å². The highest BCUT2D eigenvalue weighted by Crippen LogP contribution is 2.36. The molecule has 8 heteroatoms. The summed E-state index contributed by atoms with van der Waals surface area (Å²) < 4.78 is 28.8. The first-order valence-corrected chi connectivity index (χ1v) is 7.53. The van der Waals surface area contributed by atoms with Crippen molar-refractivity contribution in [3.8, 4) is 11.3 Å². The van der Waals surface area contributed by atoms with Crippen molar-refractivity contribution in [3.05, 3.63) is 74.0 Å². The van der Waals surface area contributed by atoms with Gasteiger partial charge in [0, 0.05) is 17.1 Å². The molecule has 2 aromatic heterocycles. The summed E-state index contributed by atoms with van der Waals surface area (Å²) in [7, 11) is 0. The molecule has 0 unspecified atom stereocenters. The third-order valence-electron chi connectivity index (χ3n) is 3.92. The Morgan fingerprint density at radius 3 is 2.64 bits per heavy atom. The zero-order chi connectivity index (χ0) is 17.7. The molecule has 0 saturated heterocycles. The number of fused-ring (bicyclic) bond motifs is 2. The van der Waals surface area contributed by atoms with Crippen molar-refractivity contribution in [1.29, 1.82) is 0 Å². The Bertz CT molecular complexity index is 1280. The van der Waals surface area contributed by atoms with Gasteiger partial charge in [0.1, 0.15) is 11.5 Å². The second-order valence-corrected chi connectivity index (χ2v) is 5.76. The largest absolute Gasteiger partial charge is 0.326 e. The van der Waals surface area contributed by atoms with Gasteiger partial charge in [-0.05, 0) is 11.5 Å². The molecular weight excluding hydrogens is 352 g/mol. The molecule has 2 N–H and O–H groups in total. The van der Waals surface area contributed by atoms with Crippen molar-refractivity contribution in [1.82, 2.24) is 15.0 Å². The number of pyridine rings is 1. The van der Waals surface area contributed by atoms with Crippen LogP contribution in [0.1, 0.15) is 0 Å². The van der Waals surface area contributed by atoms with Crippen LogP contribution in [0.3, 0.4) is 0 Å². The van der Waals surface area contributed by atoms with Gasteiger partial charge in [-0.2, -0.15) is 0 Å². The van der Waals surface area contributed by atoms with Gasteiger partial charge in [-0.3, -0.25) is 14.8 Å². The zero-order valence-corrected chi connectivity index (χ0v) is 13.1. The van der Waals surface area contributed by atoms with Crippen LogP contribution in [0.25, 0.3) is 32.9 Å². The van der Waals surface area contributed by atoms with E-state index in [0.29, 0.717) is 10.8 Å². The minimum atomic E-state index is -0.895. The van der Waals surface area contributed by atoms with Crippen molar-refractivity contribution in [2.45, 2.75) is 0 Å². The van der Waals surface area contributed by atoms with E-state index in [1.807, 2.05) is 4.98 Å². The fourth-order valence-electron chi connectivity index (χ4n) is 2.79. The molecule has 0 amide bonds. The van der Waals surface area contributed by atoms with E-state index in [0.717, 1.165) is 6.20 Å². The summed E-state index contributed by atoms with van der Waals surface area (Å²) in [5.41, 5.74) is -1.76. The van der Waals surface area contributed by atoms with E-state index in [4.69, 9.17) is 11.6 Å². The molecule has 0 saturated carbocycles. The third kappa shape index (κ3) is 2.32. The number of hydrogen-bond acceptors (Lipinski definition) is 3. The summed E-state index contributed by atoms with van der Waals surface area (Å²) in [6.07, 6.45) is 1.15. The summed E-state index contributed by atoms with van der Waals surface area (Å²) in [4.78, 5) is 31.4. The van der Waals surface area contributed by atoms with Crippen LogP contribution < -0.4 is 11.2 Å². The minimum Gasteiger partial charge on any atom is -0.304 e. The van der Waals surface area contributed by atoms with Gasteiger partial charge < -0.3 is 4.98 Å². The fourth-order valence-corrected chi connectivity index (χ4v) is 3.07. The fraction of sp³-hybridized carbons (Fsp3) is 0. The summed E-state index contributed by atoms with van der Waals surface area (Å²) >= 11 is 6.06. The van der Waals surface area contributed by atoms with Gasteiger partial charge in [0.05, 0.1) is 15.9 Å². The molecule has 0 aliphatic heterocycles. The summed E-state index contributed by atoms with van der Waals surface area (Å²) in [6.45, 7) is 0. The summed E-state index contributed by atoms with van der Waals surface area (Å²) in [5.74, 6) is -1.54. The Kier molecular flexibility index (Phi) is 3.40. The predicted octanol–water partition coefficient (Wildman–Crippen LogP) is 3.36. The van der Waals surface area contributed by atoms with Gasteiger partial charge in [0.25, 0.3) is 5.56 Å². The number of nitrogens with zero attached hydrogens (tertiary/aromatic N) is 1. The van der Waals surface area contributed by atoms with Gasteiger partial charge in [-0.1, -0.05) is 35.9 Å². The molecule has 0 atom stereocenters. The number of H-pyrrole nitrogens is 2. The van der Waals surface area contributed by atoms with Crippen LogP contribution in [0.2, 0.25) is 5.02 Å². The molecule has 4 rings (SSSR count). The lowest BCUT2D eigenvalue weighted by molar-refractivity contribution is 0.629. The Balaban J connectivity index is 2.15. The van der Waals surface area contributed by atoms with Gasteiger partial charge >= 0.3 is 5.69 Å². The maximum Gasteiger partial charge on any atom is 0.326 e. The third-order valence-corrected chi connectivity index (χ3v) is 4.29. The van der Waals surface area contributed by atoms with Crippen LogP contribution in [0.4, 0.5) is 8.78 Å². The van der Waals surface area contributed by atoms with Gasteiger partial charge in [-0.25, -0.2) is 13.6 Å². The van der Waals surface area contributed by atoms with Crippen molar-refractivity contribution in [2.24, 2.45) is 0 Å². The first-order valence-electron chi connectivity index (χ1n) is 7.15. The second kappa shape index (κ2) is 5.49. The van der Waals surface area contributed by atoms with E-state index < -0.39 is 22.9 Å². The highest BCUT2D eigenvalue weighted by molar-refractivity contribution is 6.36. The van der Waals surface area contributed by atoms with Crippen LogP contribution in [-0.4, -0.2) is 15.0 Å². The molecule has 0 spiro atoms. The Hall–Kier alpha value is -3.06. The van der Waals surface area contributed by atoms with Crippen LogP contribution >= 0.6 is 11.6 Å². The molecular formula is C17H8ClF2N3O2. The van der Waals surface area contributed by atoms with Crippen LogP contribution in [0.15, 0.2) is 46.1 Å². The lowest BCUT2D eigenvalue weighted by atomic mass is 10.0. The average molecular weight is 360 g/mol. The Morgan fingerprint density at radius 2 is 1.84 bits per heavy atom. The van der Waals surface area contributed by atoms with Crippen molar-refractivity contribution >= 4 is 33.3 Å². The number of aromatic amines is 2. The molecule has 5 nitrogen and oxygen atoms in total. The van der Waals surface area contributed by atoms with Gasteiger partial charge in [-0.15, -0.1) is 0 Å². The number of benzene rings is 2.